The van der Waals surface area contributed by atoms with Crippen molar-refractivity contribution >= 4 is 0 Å². The molecule has 3 rings (SSSR count). The molecule has 0 amide bonds. The predicted octanol–water partition coefficient (Wildman–Crippen LogP) is 10.2. The number of hydrogen-bond donors (Lipinski definition) is 0. The number of rotatable bonds is 2. The lowest BCUT2D eigenvalue weighted by molar-refractivity contribution is 0.531. The minimum atomic E-state index is 0.0342. The first-order valence-corrected chi connectivity index (χ1v) is 12.8. The lowest BCUT2D eigenvalue weighted by Crippen LogP contribution is -2.23. The highest BCUT2D eigenvalue weighted by Gasteiger charge is 2.31. The van der Waals surface area contributed by atoms with Gasteiger partial charge in [-0.2, -0.15) is 0 Å². The van der Waals surface area contributed by atoms with Gasteiger partial charge < -0.3 is 0 Å². The maximum Gasteiger partial charge on any atom is -0.0102 e. The van der Waals surface area contributed by atoms with Crippen LogP contribution in [0.15, 0.2) is 60.7 Å². The van der Waals surface area contributed by atoms with E-state index in [4.69, 9.17) is 0 Å². The molecule has 0 bridgehead atoms. The molecule has 0 saturated heterocycles. The molecule has 0 heteroatoms. The van der Waals surface area contributed by atoms with Crippen molar-refractivity contribution in [2.24, 2.45) is 0 Å². The summed E-state index contributed by atoms with van der Waals surface area (Å²) in [6.07, 6.45) is 0. The number of hydrogen-bond acceptors (Lipinski definition) is 0. The summed E-state index contributed by atoms with van der Waals surface area (Å²) in [7, 11) is 0. The van der Waals surface area contributed by atoms with E-state index in [0.717, 1.165) is 0 Å². The van der Waals surface area contributed by atoms with Gasteiger partial charge in [0, 0.05) is 0 Å². The zero-order valence-corrected chi connectivity index (χ0v) is 23.8. The molecular formula is C34H46. The van der Waals surface area contributed by atoms with E-state index in [-0.39, 0.29) is 21.7 Å². The summed E-state index contributed by atoms with van der Waals surface area (Å²) in [6, 6.07) is 22.8. The van der Waals surface area contributed by atoms with Gasteiger partial charge in [0.15, 0.2) is 0 Å². The van der Waals surface area contributed by atoms with E-state index in [1.54, 1.807) is 0 Å². The van der Waals surface area contributed by atoms with Gasteiger partial charge in [0.25, 0.3) is 0 Å². The van der Waals surface area contributed by atoms with Crippen molar-refractivity contribution in [3.05, 3.63) is 82.9 Å². The SMILES string of the molecule is CC(C)(C)c1cccc(-c2ccccc2-c2cccc(C(C)(C)C)c2C(C)(C)C)c1C(C)(C)C. The molecule has 0 heterocycles. The summed E-state index contributed by atoms with van der Waals surface area (Å²) in [6.45, 7) is 28.1. The van der Waals surface area contributed by atoms with Gasteiger partial charge >= 0.3 is 0 Å². The van der Waals surface area contributed by atoms with Crippen LogP contribution >= 0.6 is 0 Å². The first-order valence-electron chi connectivity index (χ1n) is 12.8. The van der Waals surface area contributed by atoms with E-state index in [9.17, 15) is 0 Å². The normalized spacial score (nSPS) is 13.3. The van der Waals surface area contributed by atoms with Gasteiger partial charge in [0.1, 0.15) is 0 Å². The third-order valence-corrected chi connectivity index (χ3v) is 6.75. The van der Waals surface area contributed by atoms with Crippen LogP contribution in [0.5, 0.6) is 0 Å². The summed E-state index contributed by atoms with van der Waals surface area (Å²) >= 11 is 0. The van der Waals surface area contributed by atoms with Crippen LogP contribution in [0.3, 0.4) is 0 Å². The van der Waals surface area contributed by atoms with Crippen LogP contribution in [0.2, 0.25) is 0 Å². The predicted molar refractivity (Wildman–Crippen MR) is 152 cm³/mol. The Kier molecular flexibility index (Phi) is 6.73. The molecule has 3 aromatic carbocycles. The smallest absolute Gasteiger partial charge is 0.0102 e. The molecule has 0 saturated carbocycles. The van der Waals surface area contributed by atoms with Crippen molar-refractivity contribution in [2.75, 3.05) is 0 Å². The van der Waals surface area contributed by atoms with E-state index in [2.05, 4.69) is 144 Å². The van der Waals surface area contributed by atoms with Gasteiger partial charge in [-0.05, 0) is 66.2 Å². The molecule has 0 atom stereocenters. The summed E-state index contributed by atoms with van der Waals surface area (Å²) in [4.78, 5) is 0. The van der Waals surface area contributed by atoms with Crippen molar-refractivity contribution in [1.29, 1.82) is 0 Å². The van der Waals surface area contributed by atoms with Crippen molar-refractivity contribution in [3.63, 3.8) is 0 Å². The molecule has 0 aliphatic heterocycles. The van der Waals surface area contributed by atoms with Crippen molar-refractivity contribution in [2.45, 2.75) is 105 Å². The third-order valence-electron chi connectivity index (χ3n) is 6.75. The van der Waals surface area contributed by atoms with Crippen LogP contribution < -0.4 is 0 Å². The molecule has 0 aromatic heterocycles. The Balaban J connectivity index is 2.45. The molecule has 0 aliphatic carbocycles. The lowest BCUT2D eigenvalue weighted by Gasteiger charge is -2.34. The quantitative estimate of drug-likeness (QED) is 0.361. The topological polar surface area (TPSA) is 0 Å². The second kappa shape index (κ2) is 8.71. The van der Waals surface area contributed by atoms with Crippen molar-refractivity contribution < 1.29 is 0 Å². The van der Waals surface area contributed by atoms with Crippen LogP contribution in [-0.2, 0) is 21.7 Å². The average molecular weight is 455 g/mol. The van der Waals surface area contributed by atoms with Crippen LogP contribution in [0.4, 0.5) is 0 Å². The second-order valence-corrected chi connectivity index (χ2v) is 14.0. The highest BCUT2D eigenvalue weighted by atomic mass is 14.3. The molecule has 0 spiro atoms. The Bertz CT molecular complexity index is 1070. The van der Waals surface area contributed by atoms with Crippen LogP contribution in [0.25, 0.3) is 22.3 Å². The van der Waals surface area contributed by atoms with Crippen LogP contribution in [0.1, 0.15) is 105 Å². The Morgan fingerprint density at radius 1 is 0.324 bits per heavy atom. The van der Waals surface area contributed by atoms with E-state index in [1.165, 1.54) is 44.5 Å². The molecule has 0 aliphatic rings. The fraction of sp³-hybridized carbons (Fsp3) is 0.471. The highest BCUT2D eigenvalue weighted by molar-refractivity contribution is 5.88. The maximum atomic E-state index is 2.35. The Labute approximate surface area is 209 Å². The number of benzene rings is 3. The maximum absolute atomic E-state index is 2.35. The summed E-state index contributed by atoms with van der Waals surface area (Å²) in [5, 5.41) is 0. The molecule has 34 heavy (non-hydrogen) atoms. The lowest BCUT2D eigenvalue weighted by atomic mass is 9.70. The summed E-state index contributed by atoms with van der Waals surface area (Å²) in [5.74, 6) is 0. The van der Waals surface area contributed by atoms with Gasteiger partial charge in [-0.25, -0.2) is 0 Å². The fourth-order valence-corrected chi connectivity index (χ4v) is 5.37. The van der Waals surface area contributed by atoms with E-state index in [1.807, 2.05) is 0 Å². The second-order valence-electron chi connectivity index (χ2n) is 14.0. The first kappa shape index (κ1) is 26.3. The third kappa shape index (κ3) is 5.17. The van der Waals surface area contributed by atoms with Crippen molar-refractivity contribution in [1.82, 2.24) is 0 Å². The van der Waals surface area contributed by atoms with Crippen molar-refractivity contribution in [3.8, 4) is 22.3 Å². The molecule has 182 valence electrons. The summed E-state index contributed by atoms with van der Waals surface area (Å²) in [5.41, 5.74) is 11.4. The fourth-order valence-electron chi connectivity index (χ4n) is 5.37. The van der Waals surface area contributed by atoms with Crippen LogP contribution in [0, 0.1) is 0 Å². The largest absolute Gasteiger partial charge is 0.0616 e. The van der Waals surface area contributed by atoms with Gasteiger partial charge in [-0.1, -0.05) is 144 Å². The average Bonchev–Trinajstić information content (AvgIpc) is 2.70. The van der Waals surface area contributed by atoms with Gasteiger partial charge in [0.2, 0.25) is 0 Å². The molecule has 0 nitrogen and oxygen atoms in total. The van der Waals surface area contributed by atoms with E-state index in [0.29, 0.717) is 0 Å². The molecular weight excluding hydrogens is 408 g/mol. The Morgan fingerprint density at radius 2 is 0.618 bits per heavy atom. The highest BCUT2D eigenvalue weighted by Crippen LogP contribution is 2.46. The van der Waals surface area contributed by atoms with Gasteiger partial charge in [-0.15, -0.1) is 0 Å². The molecule has 0 N–H and O–H groups in total. The van der Waals surface area contributed by atoms with E-state index >= 15 is 0 Å². The van der Waals surface area contributed by atoms with Gasteiger partial charge in [0.05, 0.1) is 0 Å². The molecule has 0 unspecified atom stereocenters. The minimum Gasteiger partial charge on any atom is -0.0616 e. The Morgan fingerprint density at radius 3 is 0.882 bits per heavy atom. The molecule has 3 aromatic rings. The zero-order chi connectivity index (χ0) is 25.7. The first-order chi connectivity index (χ1) is 15.4. The molecule has 0 radical (unpaired) electrons. The molecule has 0 fully saturated rings. The Hall–Kier alpha value is -2.34. The van der Waals surface area contributed by atoms with E-state index < -0.39 is 0 Å². The standard InChI is InChI=1S/C34H46/c1-31(2,3)27-21-15-19-25(29(27)33(7,8)9)23-17-13-14-18-24(23)26-20-16-22-28(32(4,5)6)30(26)34(10,11)12/h13-22H,1-12H3. The zero-order valence-electron chi connectivity index (χ0n) is 23.8. The van der Waals surface area contributed by atoms with Gasteiger partial charge in [-0.3, -0.25) is 0 Å². The summed E-state index contributed by atoms with van der Waals surface area (Å²) < 4.78 is 0. The minimum absolute atomic E-state index is 0.0342. The monoisotopic (exact) mass is 454 g/mol. The van der Waals surface area contributed by atoms with Crippen LogP contribution in [-0.4, -0.2) is 0 Å².